The van der Waals surface area contributed by atoms with Crippen LogP contribution in [0.4, 0.5) is 5.69 Å². The molecule has 0 saturated carbocycles. The first-order valence-electron chi connectivity index (χ1n) is 7.03. The fourth-order valence-electron chi connectivity index (χ4n) is 3.38. The van der Waals surface area contributed by atoms with Gasteiger partial charge in [-0.15, -0.1) is 11.3 Å². The molecule has 1 aromatic carbocycles. The molecule has 4 rings (SSSR count). The van der Waals surface area contributed by atoms with Crippen LogP contribution in [-0.2, 0) is 10.0 Å². The average molecular weight is 333 g/mol. The normalized spacial score (nSPS) is 26.3. The number of benzene rings is 1. The van der Waals surface area contributed by atoms with Crippen molar-refractivity contribution in [2.24, 2.45) is 11.1 Å². The smallest absolute Gasteiger partial charge is 0.238 e. The molecule has 0 amide bonds. The molecule has 114 valence electrons. The highest BCUT2D eigenvalue weighted by Crippen LogP contribution is 2.50. The topological polar surface area (TPSA) is 85.1 Å². The number of nitrogens with two attached hydrogens (primary N) is 1. The van der Waals surface area contributed by atoms with Gasteiger partial charge in [0.2, 0.25) is 10.0 Å². The first-order valence-corrected chi connectivity index (χ1v) is 9.46. The minimum absolute atomic E-state index is 0.160. The summed E-state index contributed by atoms with van der Waals surface area (Å²) < 4.78 is 23.2. The Labute approximate surface area is 132 Å². The number of allylic oxidation sites excluding steroid dienone is 2. The highest BCUT2D eigenvalue weighted by Gasteiger charge is 2.39. The van der Waals surface area contributed by atoms with Crippen LogP contribution >= 0.6 is 11.3 Å². The molecule has 0 spiro atoms. The Bertz CT molecular complexity index is 844. The summed E-state index contributed by atoms with van der Waals surface area (Å²) in [6, 6.07) is 5.22. The minimum atomic E-state index is -3.68. The first-order chi connectivity index (χ1) is 10.5. The summed E-state index contributed by atoms with van der Waals surface area (Å²) in [5.74, 6) is 0.557. The van der Waals surface area contributed by atoms with Crippen LogP contribution < -0.4 is 10.5 Å². The number of anilines is 1. The van der Waals surface area contributed by atoms with E-state index in [9.17, 15) is 8.42 Å². The molecule has 2 heterocycles. The van der Waals surface area contributed by atoms with Crippen molar-refractivity contribution in [2.75, 3.05) is 5.32 Å². The van der Waals surface area contributed by atoms with Crippen LogP contribution in [0.1, 0.15) is 29.0 Å². The van der Waals surface area contributed by atoms with Crippen LogP contribution in [0, 0.1) is 5.92 Å². The van der Waals surface area contributed by atoms with Crippen molar-refractivity contribution in [1.82, 2.24) is 4.98 Å². The summed E-state index contributed by atoms with van der Waals surface area (Å²) in [6.07, 6.45) is 7.10. The van der Waals surface area contributed by atoms with Gasteiger partial charge < -0.3 is 5.32 Å². The zero-order valence-corrected chi connectivity index (χ0v) is 13.3. The molecule has 0 radical (unpaired) electrons. The van der Waals surface area contributed by atoms with Crippen LogP contribution in [0.15, 0.2) is 46.8 Å². The number of thiazole rings is 1. The predicted octanol–water partition coefficient (Wildman–Crippen LogP) is 2.62. The van der Waals surface area contributed by atoms with E-state index in [-0.39, 0.29) is 16.9 Å². The first kappa shape index (κ1) is 13.9. The molecule has 22 heavy (non-hydrogen) atoms. The molecular formula is C15H15N3O2S2. The van der Waals surface area contributed by atoms with Crippen LogP contribution in [0.3, 0.4) is 0 Å². The lowest BCUT2D eigenvalue weighted by molar-refractivity contribution is 0.424. The summed E-state index contributed by atoms with van der Waals surface area (Å²) in [5, 5.41) is 11.8. The van der Waals surface area contributed by atoms with Crippen molar-refractivity contribution in [1.29, 1.82) is 0 Å². The molecule has 3 N–H and O–H groups in total. The van der Waals surface area contributed by atoms with Crippen LogP contribution in [0.2, 0.25) is 0 Å². The number of primary sulfonamides is 1. The Hall–Kier alpha value is -1.70. The van der Waals surface area contributed by atoms with E-state index in [1.807, 2.05) is 11.6 Å². The Morgan fingerprint density at radius 1 is 1.36 bits per heavy atom. The van der Waals surface area contributed by atoms with E-state index in [2.05, 4.69) is 22.5 Å². The second-order valence-electron chi connectivity index (χ2n) is 5.64. The number of fused-ring (bicyclic) bond motifs is 3. The summed E-state index contributed by atoms with van der Waals surface area (Å²) in [5.41, 5.74) is 1.96. The number of sulfonamides is 1. The lowest BCUT2D eigenvalue weighted by atomic mass is 9.79. The van der Waals surface area contributed by atoms with Gasteiger partial charge in [-0.1, -0.05) is 12.2 Å². The van der Waals surface area contributed by atoms with Gasteiger partial charge >= 0.3 is 0 Å². The van der Waals surface area contributed by atoms with Gasteiger partial charge in [0.05, 0.1) is 10.9 Å². The van der Waals surface area contributed by atoms with Crippen molar-refractivity contribution in [3.05, 3.63) is 52.5 Å². The third-order valence-electron chi connectivity index (χ3n) is 4.38. The van der Waals surface area contributed by atoms with Gasteiger partial charge in [0.25, 0.3) is 0 Å². The quantitative estimate of drug-likeness (QED) is 0.827. The fourth-order valence-corrected chi connectivity index (χ4v) is 4.69. The molecule has 3 unspecified atom stereocenters. The number of rotatable bonds is 2. The molecule has 0 bridgehead atoms. The molecule has 3 atom stereocenters. The van der Waals surface area contributed by atoms with Crippen molar-refractivity contribution in [3.63, 3.8) is 0 Å². The van der Waals surface area contributed by atoms with Crippen LogP contribution in [0.25, 0.3) is 0 Å². The fraction of sp³-hybridized carbons (Fsp3) is 0.267. The second-order valence-corrected chi connectivity index (χ2v) is 8.13. The van der Waals surface area contributed by atoms with E-state index in [0.29, 0.717) is 5.92 Å². The number of aromatic nitrogens is 1. The van der Waals surface area contributed by atoms with Gasteiger partial charge in [0.1, 0.15) is 5.01 Å². The summed E-state index contributed by atoms with van der Waals surface area (Å²) in [6.45, 7) is 0. The second kappa shape index (κ2) is 4.91. The average Bonchev–Trinajstić information content (AvgIpc) is 3.16. The highest BCUT2D eigenvalue weighted by molar-refractivity contribution is 7.89. The maximum absolute atomic E-state index is 11.6. The molecule has 0 fully saturated rings. The third-order valence-corrected chi connectivity index (χ3v) is 6.15. The predicted molar refractivity (Wildman–Crippen MR) is 86.3 cm³/mol. The van der Waals surface area contributed by atoms with E-state index in [0.717, 1.165) is 22.7 Å². The largest absolute Gasteiger partial charge is 0.375 e. The number of nitrogens with zero attached hydrogens (tertiary/aromatic N) is 1. The third kappa shape index (κ3) is 2.16. The lowest BCUT2D eigenvalue weighted by Gasteiger charge is -2.36. The van der Waals surface area contributed by atoms with E-state index in [4.69, 9.17) is 5.14 Å². The van der Waals surface area contributed by atoms with Gasteiger partial charge in [-0.05, 0) is 36.1 Å². The van der Waals surface area contributed by atoms with Gasteiger partial charge in [0.15, 0.2) is 0 Å². The maximum atomic E-state index is 11.6. The zero-order chi connectivity index (χ0) is 15.3. The number of hydrogen-bond acceptors (Lipinski definition) is 5. The molecule has 7 heteroatoms. The summed E-state index contributed by atoms with van der Waals surface area (Å²) in [4.78, 5) is 4.61. The van der Waals surface area contributed by atoms with Crippen molar-refractivity contribution >= 4 is 27.0 Å². The molecule has 1 aromatic heterocycles. The van der Waals surface area contributed by atoms with Crippen molar-refractivity contribution in [2.45, 2.75) is 23.3 Å². The van der Waals surface area contributed by atoms with Gasteiger partial charge in [0, 0.05) is 23.2 Å². The molecule has 1 aliphatic carbocycles. The Morgan fingerprint density at radius 3 is 2.95 bits per heavy atom. The zero-order valence-electron chi connectivity index (χ0n) is 11.6. The van der Waals surface area contributed by atoms with E-state index < -0.39 is 10.0 Å². The molecule has 0 saturated heterocycles. The Balaban J connectivity index is 1.82. The van der Waals surface area contributed by atoms with Crippen molar-refractivity contribution in [3.8, 4) is 0 Å². The number of nitrogens with one attached hydrogen (secondary N) is 1. The van der Waals surface area contributed by atoms with Crippen molar-refractivity contribution < 1.29 is 8.42 Å². The highest BCUT2D eigenvalue weighted by atomic mass is 32.2. The summed E-state index contributed by atoms with van der Waals surface area (Å²) in [7, 11) is -3.68. The minimum Gasteiger partial charge on any atom is -0.375 e. The number of hydrogen-bond donors (Lipinski definition) is 2. The van der Waals surface area contributed by atoms with Crippen LogP contribution in [0.5, 0.6) is 0 Å². The van der Waals surface area contributed by atoms with E-state index in [1.54, 1.807) is 29.5 Å². The van der Waals surface area contributed by atoms with E-state index >= 15 is 0 Å². The maximum Gasteiger partial charge on any atom is 0.238 e. The van der Waals surface area contributed by atoms with E-state index in [1.165, 1.54) is 0 Å². The van der Waals surface area contributed by atoms with Gasteiger partial charge in [-0.2, -0.15) is 0 Å². The molecule has 1 aliphatic heterocycles. The molecule has 2 aliphatic rings. The molecule has 5 nitrogen and oxygen atoms in total. The van der Waals surface area contributed by atoms with Gasteiger partial charge in [-0.3, -0.25) is 0 Å². The Kier molecular flexibility index (Phi) is 3.11. The van der Waals surface area contributed by atoms with Crippen LogP contribution in [-0.4, -0.2) is 13.4 Å². The molecular weight excluding hydrogens is 318 g/mol. The summed E-state index contributed by atoms with van der Waals surface area (Å²) >= 11 is 1.64. The Morgan fingerprint density at radius 2 is 2.23 bits per heavy atom. The SMILES string of the molecule is NS(=O)(=O)c1ccc2c(c1)C1C=CCC1C(c1nccs1)N2. The van der Waals surface area contributed by atoms with Gasteiger partial charge in [-0.25, -0.2) is 18.5 Å². The standard InChI is InChI=1S/C15H15N3O2S2/c16-22(19,20)9-4-5-13-12(8-9)10-2-1-3-11(10)14(18-13)15-17-6-7-21-15/h1-2,4-8,10-11,14,18H,3H2,(H2,16,19,20). The monoisotopic (exact) mass is 333 g/mol. The molecule has 2 aromatic rings. The lowest BCUT2D eigenvalue weighted by Crippen LogP contribution is -2.29.